The molecule has 0 atom stereocenters. The second-order valence-electron chi connectivity index (χ2n) is 3.35. The molecule has 0 aliphatic rings. The van der Waals surface area contributed by atoms with Gasteiger partial charge in [-0.15, -0.1) is 0 Å². The number of nitrogens with one attached hydrogen (secondary N) is 1. The number of nitro groups is 1. The van der Waals surface area contributed by atoms with E-state index in [1.54, 1.807) is 0 Å². The first-order valence-electron chi connectivity index (χ1n) is 4.86. The molecule has 92 valence electrons. The van der Waals surface area contributed by atoms with E-state index in [0.717, 1.165) is 18.2 Å². The summed E-state index contributed by atoms with van der Waals surface area (Å²) in [6.07, 6.45) is -0.0941. The van der Waals surface area contributed by atoms with E-state index in [9.17, 15) is 19.3 Å². The van der Waals surface area contributed by atoms with Gasteiger partial charge in [0.05, 0.1) is 11.3 Å². The van der Waals surface area contributed by atoms with Crippen LogP contribution < -0.4 is 5.32 Å². The van der Waals surface area contributed by atoms with E-state index >= 15 is 0 Å². The summed E-state index contributed by atoms with van der Waals surface area (Å²) in [5, 5.41) is 21.7. The van der Waals surface area contributed by atoms with Crippen LogP contribution in [-0.2, 0) is 11.3 Å². The van der Waals surface area contributed by atoms with E-state index in [0.29, 0.717) is 0 Å². The van der Waals surface area contributed by atoms with Gasteiger partial charge < -0.3 is 10.4 Å². The summed E-state index contributed by atoms with van der Waals surface area (Å²) in [5.74, 6) is -1.53. The number of nitro benzene ring substituents is 1. The van der Waals surface area contributed by atoms with Crippen LogP contribution in [0.2, 0.25) is 0 Å². The first-order chi connectivity index (χ1) is 8.00. The zero-order valence-electron chi connectivity index (χ0n) is 8.85. The lowest BCUT2D eigenvalue weighted by Gasteiger charge is -2.04. The third-order valence-corrected chi connectivity index (χ3v) is 2.07. The molecule has 1 aromatic carbocycles. The molecule has 0 radical (unpaired) electrons. The number of carbonyl (C=O) groups is 1. The van der Waals surface area contributed by atoms with Gasteiger partial charge in [0.15, 0.2) is 0 Å². The van der Waals surface area contributed by atoms with Crippen molar-refractivity contribution in [1.82, 2.24) is 5.32 Å². The molecule has 1 aromatic rings. The van der Waals surface area contributed by atoms with Gasteiger partial charge in [-0.1, -0.05) is 0 Å². The molecule has 0 spiro atoms. The van der Waals surface area contributed by atoms with Gasteiger partial charge in [-0.25, -0.2) is 4.39 Å². The molecule has 0 aliphatic carbocycles. The number of hydrogen-bond donors (Lipinski definition) is 2. The lowest BCUT2D eigenvalue weighted by Crippen LogP contribution is -2.18. The number of nitrogens with zero attached hydrogens (tertiary/aromatic N) is 1. The lowest BCUT2D eigenvalue weighted by atomic mass is 10.1. The van der Waals surface area contributed by atoms with Crippen LogP contribution in [0.5, 0.6) is 0 Å². The van der Waals surface area contributed by atoms with Crippen LogP contribution in [0.15, 0.2) is 18.2 Å². The molecule has 0 fully saturated rings. The average molecular weight is 242 g/mol. The van der Waals surface area contributed by atoms with Crippen molar-refractivity contribution < 1.29 is 19.2 Å². The molecule has 0 amide bonds. The molecule has 6 nitrogen and oxygen atoms in total. The monoisotopic (exact) mass is 242 g/mol. The van der Waals surface area contributed by atoms with Gasteiger partial charge in [0.25, 0.3) is 5.69 Å². The van der Waals surface area contributed by atoms with E-state index in [-0.39, 0.29) is 30.8 Å². The van der Waals surface area contributed by atoms with Crippen molar-refractivity contribution in [3.05, 3.63) is 39.7 Å². The third-order valence-electron chi connectivity index (χ3n) is 2.07. The van der Waals surface area contributed by atoms with Crippen LogP contribution in [0.1, 0.15) is 12.0 Å². The molecule has 0 heterocycles. The highest BCUT2D eigenvalue weighted by Gasteiger charge is 2.13. The quantitative estimate of drug-likeness (QED) is 0.445. The van der Waals surface area contributed by atoms with Crippen LogP contribution in [0.25, 0.3) is 0 Å². The minimum absolute atomic E-state index is 0.0569. The van der Waals surface area contributed by atoms with E-state index < -0.39 is 16.7 Å². The Hall–Kier alpha value is -2.02. The Kier molecular flexibility index (Phi) is 4.53. The van der Waals surface area contributed by atoms with Crippen molar-refractivity contribution in [2.75, 3.05) is 6.54 Å². The van der Waals surface area contributed by atoms with Crippen LogP contribution in [0.4, 0.5) is 10.1 Å². The number of hydrogen-bond acceptors (Lipinski definition) is 4. The number of rotatable bonds is 6. The molecule has 7 heteroatoms. The van der Waals surface area contributed by atoms with Gasteiger partial charge >= 0.3 is 5.97 Å². The van der Waals surface area contributed by atoms with Crippen molar-refractivity contribution in [3.8, 4) is 0 Å². The highest BCUT2D eigenvalue weighted by Crippen LogP contribution is 2.19. The second kappa shape index (κ2) is 5.90. The molecule has 2 N–H and O–H groups in total. The lowest BCUT2D eigenvalue weighted by molar-refractivity contribution is -0.385. The average Bonchev–Trinajstić information content (AvgIpc) is 2.23. The maximum atomic E-state index is 12.9. The maximum Gasteiger partial charge on any atom is 0.304 e. The van der Waals surface area contributed by atoms with Crippen molar-refractivity contribution >= 4 is 11.7 Å². The highest BCUT2D eigenvalue weighted by atomic mass is 19.1. The van der Waals surface area contributed by atoms with Crippen LogP contribution in [0, 0.1) is 15.9 Å². The summed E-state index contributed by atoms with van der Waals surface area (Å²) in [4.78, 5) is 20.3. The van der Waals surface area contributed by atoms with Crippen LogP contribution in [-0.4, -0.2) is 22.5 Å². The third kappa shape index (κ3) is 4.15. The van der Waals surface area contributed by atoms with Crippen molar-refractivity contribution in [3.63, 3.8) is 0 Å². The van der Waals surface area contributed by atoms with E-state index in [4.69, 9.17) is 5.11 Å². The minimum Gasteiger partial charge on any atom is -0.481 e. The molecule has 1 rings (SSSR count). The summed E-state index contributed by atoms with van der Waals surface area (Å²) in [6, 6.07) is 3.16. The summed E-state index contributed by atoms with van der Waals surface area (Å²) in [6.45, 7) is 0.227. The fourth-order valence-electron chi connectivity index (χ4n) is 1.29. The highest BCUT2D eigenvalue weighted by molar-refractivity contribution is 5.66. The maximum absolute atomic E-state index is 12.9. The largest absolute Gasteiger partial charge is 0.481 e. The molecule has 0 bridgehead atoms. The fraction of sp³-hybridized carbons (Fsp3) is 0.300. The summed E-state index contributed by atoms with van der Waals surface area (Å²) in [7, 11) is 0. The number of halogens is 1. The van der Waals surface area contributed by atoms with Crippen LogP contribution >= 0.6 is 0 Å². The standard InChI is InChI=1S/C10H11FN2O4/c11-8-1-2-9(13(16)17)7(5-8)6-12-4-3-10(14)15/h1-2,5,12H,3-4,6H2,(H,14,15). The Labute approximate surface area is 96.2 Å². The first kappa shape index (κ1) is 13.0. The Bertz CT molecular complexity index is 436. The topological polar surface area (TPSA) is 92.5 Å². The number of carboxylic acid groups (broad SMARTS) is 1. The van der Waals surface area contributed by atoms with Gasteiger partial charge in [-0.05, 0) is 12.1 Å². The Morgan fingerprint density at radius 2 is 2.24 bits per heavy atom. The van der Waals surface area contributed by atoms with Crippen molar-refractivity contribution in [2.45, 2.75) is 13.0 Å². The molecule has 0 unspecified atom stereocenters. The van der Waals surface area contributed by atoms with Gasteiger partial charge in [0.2, 0.25) is 0 Å². The summed E-state index contributed by atoms with van der Waals surface area (Å²) in [5.41, 5.74) is 0.00890. The molecule has 0 saturated heterocycles. The zero-order chi connectivity index (χ0) is 12.8. The Morgan fingerprint density at radius 1 is 1.53 bits per heavy atom. The van der Waals surface area contributed by atoms with Gasteiger partial charge in [0, 0.05) is 24.7 Å². The SMILES string of the molecule is O=C(O)CCNCc1cc(F)ccc1[N+](=O)[O-]. The molecule has 17 heavy (non-hydrogen) atoms. The van der Waals surface area contributed by atoms with Crippen molar-refractivity contribution in [2.24, 2.45) is 0 Å². The predicted octanol–water partition coefficient (Wildman–Crippen LogP) is 1.30. The molecule has 0 saturated carbocycles. The Morgan fingerprint density at radius 3 is 2.82 bits per heavy atom. The number of carboxylic acids is 1. The van der Waals surface area contributed by atoms with Crippen molar-refractivity contribution in [1.29, 1.82) is 0 Å². The summed E-state index contributed by atoms with van der Waals surface area (Å²) >= 11 is 0. The van der Waals surface area contributed by atoms with Gasteiger partial charge in [0.1, 0.15) is 5.82 Å². The van der Waals surface area contributed by atoms with Gasteiger partial charge in [-0.3, -0.25) is 14.9 Å². The smallest absolute Gasteiger partial charge is 0.304 e. The predicted molar refractivity (Wildman–Crippen MR) is 57.0 cm³/mol. The van der Waals surface area contributed by atoms with E-state index in [2.05, 4.69) is 5.32 Å². The van der Waals surface area contributed by atoms with Crippen LogP contribution in [0.3, 0.4) is 0 Å². The zero-order valence-corrected chi connectivity index (χ0v) is 8.85. The molecule has 0 aliphatic heterocycles. The second-order valence-corrected chi connectivity index (χ2v) is 3.35. The molecule has 0 aromatic heterocycles. The fourth-order valence-corrected chi connectivity index (χ4v) is 1.29. The Balaban J connectivity index is 2.65. The number of benzene rings is 1. The van der Waals surface area contributed by atoms with E-state index in [1.165, 1.54) is 0 Å². The normalized spacial score (nSPS) is 10.2. The molecular weight excluding hydrogens is 231 g/mol. The first-order valence-corrected chi connectivity index (χ1v) is 4.86. The summed E-state index contributed by atoms with van der Waals surface area (Å²) < 4.78 is 12.9. The molecular formula is C10H11FN2O4. The van der Waals surface area contributed by atoms with Gasteiger partial charge in [-0.2, -0.15) is 0 Å². The minimum atomic E-state index is -0.966. The number of aliphatic carboxylic acids is 1. The van der Waals surface area contributed by atoms with E-state index in [1.807, 2.05) is 0 Å².